The maximum absolute atomic E-state index is 11.3. The highest BCUT2D eigenvalue weighted by molar-refractivity contribution is 6.06. The molecule has 26 heavy (non-hydrogen) atoms. The van der Waals surface area contributed by atoms with Crippen LogP contribution in [0.25, 0.3) is 22.2 Å². The van der Waals surface area contributed by atoms with Gasteiger partial charge in [0.25, 0.3) is 0 Å². The molecule has 7 nitrogen and oxygen atoms in total. The van der Waals surface area contributed by atoms with Crippen LogP contribution in [0, 0.1) is 5.41 Å². The molecule has 0 aliphatic carbocycles. The highest BCUT2D eigenvalue weighted by atomic mass is 16.1. The molecule has 2 amide bonds. The zero-order valence-corrected chi connectivity index (χ0v) is 14.0. The van der Waals surface area contributed by atoms with Crippen LogP contribution < -0.4 is 16.0 Å². The summed E-state index contributed by atoms with van der Waals surface area (Å²) in [5.41, 5.74) is 3.57. The summed E-state index contributed by atoms with van der Waals surface area (Å²) in [5.74, 6) is -0.334. The molecule has 3 rings (SSSR count). The predicted octanol–water partition coefficient (Wildman–Crippen LogP) is 2.95. The molecule has 7 heteroatoms. The highest BCUT2D eigenvalue weighted by Crippen LogP contribution is 2.30. The van der Waals surface area contributed by atoms with Gasteiger partial charge < -0.3 is 10.6 Å². The zero-order valence-electron chi connectivity index (χ0n) is 14.0. The molecule has 4 N–H and O–H groups in total. The van der Waals surface area contributed by atoms with E-state index in [9.17, 15) is 9.59 Å². The Hall–Kier alpha value is -3.74. The summed E-state index contributed by atoms with van der Waals surface area (Å²) in [6, 6.07) is 16.8. The van der Waals surface area contributed by atoms with E-state index in [1.165, 1.54) is 6.92 Å². The normalized spacial score (nSPS) is 10.2. The number of benzene rings is 2. The van der Waals surface area contributed by atoms with Crippen LogP contribution in [-0.4, -0.2) is 23.3 Å². The summed E-state index contributed by atoms with van der Waals surface area (Å²) >= 11 is 0. The number of carbonyl (C=O) groups excluding carboxylic acids is 2. The van der Waals surface area contributed by atoms with Gasteiger partial charge in [-0.3, -0.25) is 20.3 Å². The minimum absolute atomic E-state index is 0.156. The average molecular weight is 347 g/mol. The molecule has 0 radical (unpaired) electrons. The Labute approximate surface area is 150 Å². The molecule has 2 aromatic carbocycles. The third-order valence-corrected chi connectivity index (χ3v) is 3.66. The number of anilines is 2. The van der Waals surface area contributed by atoms with Crippen molar-refractivity contribution in [3.05, 3.63) is 54.6 Å². The topological polar surface area (TPSA) is 107 Å². The fraction of sp³-hybridized carbons (Fsp3) is 0.0526. The number of pyridine rings is 1. The van der Waals surface area contributed by atoms with E-state index >= 15 is 0 Å². The fourth-order valence-electron chi connectivity index (χ4n) is 2.60. The Morgan fingerprint density at radius 1 is 1.08 bits per heavy atom. The van der Waals surface area contributed by atoms with Crippen LogP contribution >= 0.6 is 0 Å². The third-order valence-electron chi connectivity index (χ3n) is 3.66. The second kappa shape index (κ2) is 7.43. The number of nitrogens with zero attached hydrogens (tertiary/aromatic N) is 1. The van der Waals surface area contributed by atoms with Crippen LogP contribution in [0.15, 0.2) is 54.6 Å². The van der Waals surface area contributed by atoms with Gasteiger partial charge in [-0.15, -0.1) is 0 Å². The smallest absolute Gasteiger partial charge is 0.221 e. The molecule has 0 aliphatic rings. The fourth-order valence-corrected chi connectivity index (χ4v) is 2.60. The summed E-state index contributed by atoms with van der Waals surface area (Å²) in [7, 11) is 0. The van der Waals surface area contributed by atoms with Gasteiger partial charge in [-0.05, 0) is 24.3 Å². The van der Waals surface area contributed by atoms with E-state index in [0.717, 1.165) is 11.3 Å². The molecule has 0 spiro atoms. The van der Waals surface area contributed by atoms with Gasteiger partial charge in [-0.1, -0.05) is 30.3 Å². The number of carbonyl (C=O) groups is 2. The monoisotopic (exact) mass is 347 g/mol. The molecule has 130 valence electrons. The molecule has 3 aromatic rings. The van der Waals surface area contributed by atoms with Crippen LogP contribution in [0.1, 0.15) is 6.92 Å². The van der Waals surface area contributed by atoms with Crippen LogP contribution in [0.4, 0.5) is 11.4 Å². The van der Waals surface area contributed by atoms with Gasteiger partial charge in [0, 0.05) is 23.6 Å². The second-order valence-electron chi connectivity index (χ2n) is 5.60. The van der Waals surface area contributed by atoms with Crippen molar-refractivity contribution < 1.29 is 9.59 Å². The van der Waals surface area contributed by atoms with Crippen molar-refractivity contribution in [3.8, 4) is 11.3 Å². The molecular weight excluding hydrogens is 330 g/mol. The number of guanidine groups is 1. The number of hydrogen-bond donors (Lipinski definition) is 4. The summed E-state index contributed by atoms with van der Waals surface area (Å²) < 4.78 is 0. The summed E-state index contributed by atoms with van der Waals surface area (Å²) in [6.07, 6.45) is 0.430. The first kappa shape index (κ1) is 17.1. The lowest BCUT2D eigenvalue weighted by atomic mass is 10.1. The van der Waals surface area contributed by atoms with Crippen molar-refractivity contribution in [1.82, 2.24) is 10.3 Å². The summed E-state index contributed by atoms with van der Waals surface area (Å²) in [4.78, 5) is 26.6. The van der Waals surface area contributed by atoms with Gasteiger partial charge >= 0.3 is 0 Å². The molecule has 0 saturated heterocycles. The lowest BCUT2D eigenvalue weighted by Gasteiger charge is -2.13. The van der Waals surface area contributed by atoms with Gasteiger partial charge in [0.2, 0.25) is 12.3 Å². The molecular formula is C19H17N5O2. The van der Waals surface area contributed by atoms with Crippen LogP contribution in [0.3, 0.4) is 0 Å². The van der Waals surface area contributed by atoms with E-state index in [2.05, 4.69) is 20.9 Å². The van der Waals surface area contributed by atoms with E-state index < -0.39 is 0 Å². The van der Waals surface area contributed by atoms with Crippen molar-refractivity contribution >= 4 is 40.6 Å². The second-order valence-corrected chi connectivity index (χ2v) is 5.60. The van der Waals surface area contributed by atoms with Crippen LogP contribution in [0.5, 0.6) is 0 Å². The maximum Gasteiger partial charge on any atom is 0.221 e. The van der Waals surface area contributed by atoms with E-state index in [-0.39, 0.29) is 11.9 Å². The van der Waals surface area contributed by atoms with Gasteiger partial charge in [0.05, 0.1) is 16.9 Å². The molecule has 0 atom stereocenters. The van der Waals surface area contributed by atoms with E-state index in [1.807, 2.05) is 30.3 Å². The summed E-state index contributed by atoms with van der Waals surface area (Å²) in [6.45, 7) is 1.43. The Balaban J connectivity index is 2.13. The number of amides is 2. The van der Waals surface area contributed by atoms with Crippen molar-refractivity contribution in [3.63, 3.8) is 0 Å². The largest absolute Gasteiger partial charge is 0.326 e. The predicted molar refractivity (Wildman–Crippen MR) is 102 cm³/mol. The third kappa shape index (κ3) is 3.84. The minimum atomic E-state index is -0.178. The molecule has 0 bridgehead atoms. The first-order chi connectivity index (χ1) is 12.6. The van der Waals surface area contributed by atoms with Crippen LogP contribution in [0.2, 0.25) is 0 Å². The van der Waals surface area contributed by atoms with Crippen molar-refractivity contribution in [2.75, 3.05) is 10.6 Å². The standard InChI is InChI=1S/C19H17N5O2/c1-12(26)22-14-7-8-16-15(9-14)18(24-19(20)21-11-25)10-17(23-16)13-5-3-2-4-6-13/h2-11H,1H3,(H,22,26)(H3,20,21,23,24,25). The van der Waals surface area contributed by atoms with Gasteiger partial charge in [0.1, 0.15) is 0 Å². The van der Waals surface area contributed by atoms with Gasteiger partial charge in [0.15, 0.2) is 5.96 Å². The van der Waals surface area contributed by atoms with Crippen molar-refractivity contribution in [2.45, 2.75) is 6.92 Å². The van der Waals surface area contributed by atoms with Crippen molar-refractivity contribution in [1.29, 1.82) is 5.41 Å². The zero-order chi connectivity index (χ0) is 18.5. The van der Waals surface area contributed by atoms with Gasteiger partial charge in [-0.2, -0.15) is 0 Å². The SMILES string of the molecule is CC(=O)Nc1ccc2nc(-c3ccccc3)cc(NC(=N)NC=O)c2c1. The minimum Gasteiger partial charge on any atom is -0.326 e. The van der Waals surface area contributed by atoms with Crippen molar-refractivity contribution in [2.24, 2.45) is 0 Å². The molecule has 1 aromatic heterocycles. The number of nitrogens with one attached hydrogen (secondary N) is 4. The van der Waals surface area contributed by atoms with E-state index in [4.69, 9.17) is 5.41 Å². The number of hydrogen-bond acceptors (Lipinski definition) is 4. The molecule has 1 heterocycles. The van der Waals surface area contributed by atoms with Gasteiger partial charge in [-0.25, -0.2) is 4.98 Å². The number of rotatable bonds is 4. The first-order valence-electron chi connectivity index (χ1n) is 7.90. The van der Waals surface area contributed by atoms with E-state index in [0.29, 0.717) is 28.7 Å². The quantitative estimate of drug-likeness (QED) is 0.331. The van der Waals surface area contributed by atoms with Crippen LogP contribution in [-0.2, 0) is 9.59 Å². The Bertz CT molecular complexity index is 986. The summed E-state index contributed by atoms with van der Waals surface area (Å²) in [5, 5.41) is 16.4. The first-order valence-corrected chi connectivity index (χ1v) is 7.90. The molecule has 0 saturated carbocycles. The lowest BCUT2D eigenvalue weighted by molar-refractivity contribution is -0.114. The average Bonchev–Trinajstić information content (AvgIpc) is 2.62. The maximum atomic E-state index is 11.3. The highest BCUT2D eigenvalue weighted by Gasteiger charge is 2.10. The number of fused-ring (bicyclic) bond motifs is 1. The number of aromatic nitrogens is 1. The molecule has 0 unspecified atom stereocenters. The lowest BCUT2D eigenvalue weighted by Crippen LogP contribution is -2.28. The Morgan fingerprint density at radius 2 is 1.85 bits per heavy atom. The Kier molecular flexibility index (Phi) is 4.89. The Morgan fingerprint density at radius 3 is 2.54 bits per heavy atom. The van der Waals surface area contributed by atoms with E-state index in [1.54, 1.807) is 24.3 Å². The molecule has 0 aliphatic heterocycles. The molecule has 0 fully saturated rings.